The number of aromatic nitrogens is 3. The molecule has 0 aliphatic heterocycles. The van der Waals surface area contributed by atoms with Crippen LogP contribution in [0.15, 0.2) is 59.8 Å². The maximum Gasteiger partial charge on any atom is 0.420 e. The number of halogens is 5. The topological polar surface area (TPSA) is 79.9 Å². The fourth-order valence-corrected chi connectivity index (χ4v) is 3.19. The Morgan fingerprint density at radius 3 is 2.42 bits per heavy atom. The van der Waals surface area contributed by atoms with Gasteiger partial charge in [-0.25, -0.2) is 18.7 Å². The van der Waals surface area contributed by atoms with Crippen LogP contribution in [-0.2, 0) is 12.6 Å². The summed E-state index contributed by atoms with van der Waals surface area (Å²) in [4.78, 5) is 21.7. The Bertz CT molecular complexity index is 1350. The van der Waals surface area contributed by atoms with Crippen molar-refractivity contribution in [2.75, 3.05) is 11.9 Å². The number of hydrogen-bond acceptors (Lipinski definition) is 5. The summed E-state index contributed by atoms with van der Waals surface area (Å²) in [5.74, 6) is -1.99. The SMILES string of the molecule is O=c1[nH]ccc(C(F)(F)F)c1Oc1ccc(CCNc2ncnc3c(F)ccc(F)c23)cc1. The van der Waals surface area contributed by atoms with E-state index in [-0.39, 0.29) is 22.5 Å². The highest BCUT2D eigenvalue weighted by Gasteiger charge is 2.35. The van der Waals surface area contributed by atoms with Crippen molar-refractivity contribution in [3.63, 3.8) is 0 Å². The van der Waals surface area contributed by atoms with Crippen molar-refractivity contribution in [2.24, 2.45) is 0 Å². The molecular formula is C22H15F5N4O2. The van der Waals surface area contributed by atoms with Gasteiger partial charge in [-0.2, -0.15) is 13.2 Å². The van der Waals surface area contributed by atoms with Crippen LogP contribution in [0.4, 0.5) is 27.8 Å². The fourth-order valence-electron chi connectivity index (χ4n) is 3.19. The minimum atomic E-state index is -4.75. The lowest BCUT2D eigenvalue weighted by molar-refractivity contribution is -0.138. The zero-order valence-electron chi connectivity index (χ0n) is 16.7. The predicted octanol–water partition coefficient (Wildman–Crippen LogP) is 5.06. The molecule has 0 aliphatic carbocycles. The van der Waals surface area contributed by atoms with Crippen LogP contribution in [0.25, 0.3) is 10.9 Å². The number of aromatic amines is 1. The molecule has 0 fully saturated rings. The molecule has 2 aromatic carbocycles. The molecule has 2 N–H and O–H groups in total. The standard InChI is InChI=1S/C22H15F5N4O2/c23-15-5-6-16(24)18-17(15)20(31-11-30-18)28-9-7-12-1-3-13(4-2-12)33-19-14(22(25,26)27)8-10-29-21(19)32/h1-6,8,10-11H,7,9H2,(H,29,32)(H,28,30,31). The van der Waals surface area contributed by atoms with Crippen molar-refractivity contribution >= 4 is 16.7 Å². The van der Waals surface area contributed by atoms with Gasteiger partial charge in [0.25, 0.3) is 5.56 Å². The molecule has 0 saturated carbocycles. The van der Waals surface area contributed by atoms with E-state index in [1.165, 1.54) is 12.1 Å². The number of rotatable bonds is 6. The van der Waals surface area contributed by atoms with E-state index in [4.69, 9.17) is 4.74 Å². The summed E-state index contributed by atoms with van der Waals surface area (Å²) in [5, 5.41) is 2.87. The van der Waals surface area contributed by atoms with Gasteiger partial charge >= 0.3 is 6.18 Å². The number of hydrogen-bond donors (Lipinski definition) is 2. The summed E-state index contributed by atoms with van der Waals surface area (Å²) in [6.45, 7) is 0.304. The normalized spacial score (nSPS) is 11.5. The van der Waals surface area contributed by atoms with Gasteiger partial charge in [-0.05, 0) is 42.3 Å². The van der Waals surface area contributed by atoms with Gasteiger partial charge in [0, 0.05) is 12.7 Å². The molecule has 0 aliphatic rings. The van der Waals surface area contributed by atoms with Gasteiger partial charge in [0.15, 0.2) is 0 Å². The summed E-state index contributed by atoms with van der Waals surface area (Å²) < 4.78 is 72.6. The van der Waals surface area contributed by atoms with Gasteiger partial charge in [0.1, 0.15) is 40.6 Å². The van der Waals surface area contributed by atoms with Gasteiger partial charge < -0.3 is 15.0 Å². The minimum Gasteiger partial charge on any atom is -0.451 e. The molecule has 0 radical (unpaired) electrons. The Morgan fingerprint density at radius 1 is 0.970 bits per heavy atom. The molecule has 11 heteroatoms. The van der Waals surface area contributed by atoms with Gasteiger partial charge in [0.2, 0.25) is 5.75 Å². The number of anilines is 1. The highest BCUT2D eigenvalue weighted by Crippen LogP contribution is 2.35. The van der Waals surface area contributed by atoms with Crippen LogP contribution in [0, 0.1) is 11.6 Å². The van der Waals surface area contributed by atoms with E-state index in [1.807, 2.05) is 0 Å². The van der Waals surface area contributed by atoms with Crippen molar-refractivity contribution in [3.05, 3.63) is 88.1 Å². The second-order valence-electron chi connectivity index (χ2n) is 6.95. The molecule has 0 spiro atoms. The molecule has 2 aromatic heterocycles. The molecular weight excluding hydrogens is 447 g/mol. The number of alkyl halides is 3. The number of benzene rings is 2. The van der Waals surface area contributed by atoms with Crippen LogP contribution in [-0.4, -0.2) is 21.5 Å². The van der Waals surface area contributed by atoms with Crippen LogP contribution in [0.2, 0.25) is 0 Å². The molecule has 0 amide bonds. The zero-order chi connectivity index (χ0) is 23.6. The fraction of sp³-hybridized carbons (Fsp3) is 0.136. The maximum absolute atomic E-state index is 14.1. The quantitative estimate of drug-likeness (QED) is 0.392. The first-order valence-corrected chi connectivity index (χ1v) is 9.62. The van der Waals surface area contributed by atoms with Gasteiger partial charge in [-0.15, -0.1) is 0 Å². The van der Waals surface area contributed by atoms with Crippen molar-refractivity contribution < 1.29 is 26.7 Å². The largest absolute Gasteiger partial charge is 0.451 e. The molecule has 0 saturated heterocycles. The predicted molar refractivity (Wildman–Crippen MR) is 110 cm³/mol. The number of ether oxygens (including phenoxy) is 1. The number of pyridine rings is 1. The van der Waals surface area contributed by atoms with E-state index in [0.29, 0.717) is 13.0 Å². The van der Waals surface area contributed by atoms with Crippen LogP contribution in [0.5, 0.6) is 11.5 Å². The van der Waals surface area contributed by atoms with Crippen molar-refractivity contribution in [2.45, 2.75) is 12.6 Å². The molecule has 6 nitrogen and oxygen atoms in total. The average molecular weight is 462 g/mol. The molecule has 33 heavy (non-hydrogen) atoms. The highest BCUT2D eigenvalue weighted by atomic mass is 19.4. The van der Waals surface area contributed by atoms with E-state index in [0.717, 1.165) is 36.3 Å². The van der Waals surface area contributed by atoms with Crippen LogP contribution in [0.3, 0.4) is 0 Å². The molecule has 4 rings (SSSR count). The molecule has 170 valence electrons. The third kappa shape index (κ3) is 4.76. The Hall–Kier alpha value is -4.02. The molecule has 0 bridgehead atoms. The van der Waals surface area contributed by atoms with Crippen molar-refractivity contribution in [3.8, 4) is 11.5 Å². The van der Waals surface area contributed by atoms with E-state index >= 15 is 0 Å². The van der Waals surface area contributed by atoms with E-state index in [1.54, 1.807) is 12.1 Å². The second kappa shape index (κ2) is 8.85. The van der Waals surface area contributed by atoms with Crippen molar-refractivity contribution in [1.82, 2.24) is 15.0 Å². The van der Waals surface area contributed by atoms with Crippen LogP contribution < -0.4 is 15.6 Å². The zero-order valence-corrected chi connectivity index (χ0v) is 16.7. The monoisotopic (exact) mass is 462 g/mol. The molecule has 0 atom stereocenters. The summed E-state index contributed by atoms with van der Waals surface area (Å²) in [7, 11) is 0. The molecule has 2 heterocycles. The van der Waals surface area contributed by atoms with Gasteiger partial charge in [-0.3, -0.25) is 4.79 Å². The van der Waals surface area contributed by atoms with Crippen molar-refractivity contribution in [1.29, 1.82) is 0 Å². The second-order valence-corrected chi connectivity index (χ2v) is 6.95. The Morgan fingerprint density at radius 2 is 1.70 bits per heavy atom. The first-order chi connectivity index (χ1) is 15.7. The van der Waals surface area contributed by atoms with E-state index in [2.05, 4.69) is 20.3 Å². The number of nitrogens with zero attached hydrogens (tertiary/aromatic N) is 2. The van der Waals surface area contributed by atoms with Crippen LogP contribution in [0.1, 0.15) is 11.1 Å². The third-order valence-corrected chi connectivity index (χ3v) is 4.76. The summed E-state index contributed by atoms with van der Waals surface area (Å²) >= 11 is 0. The first kappa shape index (κ1) is 22.2. The Balaban J connectivity index is 1.45. The Labute approximate surface area is 183 Å². The molecule has 4 aromatic rings. The number of fused-ring (bicyclic) bond motifs is 1. The lowest BCUT2D eigenvalue weighted by Crippen LogP contribution is -2.16. The van der Waals surface area contributed by atoms with Gasteiger partial charge in [-0.1, -0.05) is 12.1 Å². The lowest BCUT2D eigenvalue weighted by atomic mass is 10.1. The molecule has 0 unspecified atom stereocenters. The lowest BCUT2D eigenvalue weighted by Gasteiger charge is -2.13. The van der Waals surface area contributed by atoms with Gasteiger partial charge in [0.05, 0.1) is 5.39 Å². The average Bonchev–Trinajstić information content (AvgIpc) is 2.78. The smallest absolute Gasteiger partial charge is 0.420 e. The minimum absolute atomic E-state index is 0.0493. The number of nitrogens with one attached hydrogen (secondary N) is 2. The maximum atomic E-state index is 14.1. The third-order valence-electron chi connectivity index (χ3n) is 4.76. The van der Waals surface area contributed by atoms with E-state index < -0.39 is 34.7 Å². The van der Waals surface area contributed by atoms with Crippen LogP contribution >= 0.6 is 0 Å². The highest BCUT2D eigenvalue weighted by molar-refractivity contribution is 5.89. The first-order valence-electron chi connectivity index (χ1n) is 9.62. The summed E-state index contributed by atoms with van der Waals surface area (Å²) in [6.07, 6.45) is -2.29. The summed E-state index contributed by atoms with van der Waals surface area (Å²) in [5.41, 5.74) is -1.54. The van der Waals surface area contributed by atoms with E-state index in [9.17, 15) is 26.7 Å². The summed E-state index contributed by atoms with van der Waals surface area (Å²) in [6, 6.07) is 8.78. The number of H-pyrrole nitrogens is 1. The Kier molecular flexibility index (Phi) is 5.95.